The lowest BCUT2D eigenvalue weighted by molar-refractivity contribution is -0.136. The highest BCUT2D eigenvalue weighted by Gasteiger charge is 2.27. The van der Waals surface area contributed by atoms with Crippen molar-refractivity contribution in [1.29, 1.82) is 0 Å². The second kappa shape index (κ2) is 3.96. The van der Waals surface area contributed by atoms with Gasteiger partial charge in [0.25, 0.3) is 5.56 Å². The summed E-state index contributed by atoms with van der Waals surface area (Å²) in [6, 6.07) is 0. The number of hydrogen-bond donors (Lipinski definition) is 3. The molecular weight excluding hydrogens is 210 g/mol. The molecule has 0 spiro atoms. The Hall–Kier alpha value is -1.85. The molecule has 2 rings (SSSR count). The van der Waals surface area contributed by atoms with E-state index in [4.69, 9.17) is 10.8 Å². The third-order valence-corrected chi connectivity index (χ3v) is 2.62. The molecule has 0 aliphatic heterocycles. The topological polar surface area (TPSA) is 109 Å². The minimum absolute atomic E-state index is 0.113. The van der Waals surface area contributed by atoms with Crippen molar-refractivity contribution in [2.75, 3.05) is 5.73 Å². The SMILES string of the molecule is Nc1nc(C2CC2)[nH]c(=O)c1CCC(=O)O. The molecule has 0 unspecified atom stereocenters. The Bertz CT molecular complexity index is 477. The number of carbonyl (C=O) groups is 1. The number of aromatic nitrogens is 2. The highest BCUT2D eigenvalue weighted by molar-refractivity contribution is 5.67. The number of rotatable bonds is 4. The van der Waals surface area contributed by atoms with Gasteiger partial charge in [0.1, 0.15) is 11.6 Å². The van der Waals surface area contributed by atoms with E-state index in [9.17, 15) is 9.59 Å². The molecule has 1 saturated carbocycles. The van der Waals surface area contributed by atoms with Gasteiger partial charge in [-0.1, -0.05) is 0 Å². The van der Waals surface area contributed by atoms with Gasteiger partial charge in [0.05, 0.1) is 5.56 Å². The monoisotopic (exact) mass is 223 g/mol. The van der Waals surface area contributed by atoms with Crippen LogP contribution in [0.3, 0.4) is 0 Å². The van der Waals surface area contributed by atoms with Crippen LogP contribution in [0.5, 0.6) is 0 Å². The van der Waals surface area contributed by atoms with Crippen LogP contribution >= 0.6 is 0 Å². The molecule has 4 N–H and O–H groups in total. The fourth-order valence-corrected chi connectivity index (χ4v) is 1.56. The van der Waals surface area contributed by atoms with Crippen LogP contribution < -0.4 is 11.3 Å². The van der Waals surface area contributed by atoms with E-state index in [-0.39, 0.29) is 29.8 Å². The van der Waals surface area contributed by atoms with Gasteiger partial charge in [-0.15, -0.1) is 0 Å². The van der Waals surface area contributed by atoms with E-state index in [2.05, 4.69) is 9.97 Å². The molecule has 1 aliphatic rings. The van der Waals surface area contributed by atoms with Gasteiger partial charge in [-0.05, 0) is 19.3 Å². The van der Waals surface area contributed by atoms with Crippen molar-refractivity contribution in [3.8, 4) is 0 Å². The second-order valence-corrected chi connectivity index (χ2v) is 3.98. The van der Waals surface area contributed by atoms with Crippen molar-refractivity contribution < 1.29 is 9.90 Å². The van der Waals surface area contributed by atoms with Crippen molar-refractivity contribution in [3.63, 3.8) is 0 Å². The Kier molecular flexibility index (Phi) is 2.64. The third-order valence-electron chi connectivity index (χ3n) is 2.62. The van der Waals surface area contributed by atoms with Gasteiger partial charge in [0, 0.05) is 12.3 Å². The predicted octanol–water partition coefficient (Wildman–Crippen LogP) is 0.247. The van der Waals surface area contributed by atoms with Gasteiger partial charge in [0.15, 0.2) is 0 Å². The number of nitrogens with two attached hydrogens (primary N) is 1. The van der Waals surface area contributed by atoms with Crippen LogP contribution in [0, 0.1) is 0 Å². The molecule has 0 bridgehead atoms. The third kappa shape index (κ3) is 2.21. The average molecular weight is 223 g/mol. The van der Waals surface area contributed by atoms with Crippen LogP contribution in [-0.4, -0.2) is 21.0 Å². The van der Waals surface area contributed by atoms with Crippen LogP contribution in [0.2, 0.25) is 0 Å². The molecular formula is C10H13N3O3. The molecule has 1 aromatic rings. The summed E-state index contributed by atoms with van der Waals surface area (Å²) in [6.45, 7) is 0. The Morgan fingerprint density at radius 3 is 2.75 bits per heavy atom. The standard InChI is InChI=1S/C10H13N3O3/c11-8-6(3-4-7(14)15)10(16)13-9(12-8)5-1-2-5/h5H,1-4H2,(H,14,15)(H3,11,12,13,16). The van der Waals surface area contributed by atoms with Gasteiger partial charge in [-0.25, -0.2) is 4.98 Å². The zero-order chi connectivity index (χ0) is 11.7. The number of anilines is 1. The van der Waals surface area contributed by atoms with Crippen LogP contribution in [0.4, 0.5) is 5.82 Å². The lowest BCUT2D eigenvalue weighted by Gasteiger charge is -2.04. The largest absolute Gasteiger partial charge is 0.481 e. The summed E-state index contributed by atoms with van der Waals surface area (Å²) in [5.41, 5.74) is 5.61. The maximum absolute atomic E-state index is 11.6. The number of nitrogens with one attached hydrogen (secondary N) is 1. The van der Waals surface area contributed by atoms with Crippen LogP contribution in [0.25, 0.3) is 0 Å². The van der Waals surface area contributed by atoms with Gasteiger partial charge < -0.3 is 15.8 Å². The van der Waals surface area contributed by atoms with Gasteiger partial charge in [0.2, 0.25) is 0 Å². The summed E-state index contributed by atoms with van der Waals surface area (Å²) < 4.78 is 0. The van der Waals surface area contributed by atoms with Gasteiger partial charge >= 0.3 is 5.97 Å². The number of nitrogen functional groups attached to an aromatic ring is 1. The first-order valence-electron chi connectivity index (χ1n) is 5.18. The molecule has 86 valence electrons. The predicted molar refractivity (Wildman–Crippen MR) is 57.2 cm³/mol. The Labute approximate surface area is 91.5 Å². The minimum Gasteiger partial charge on any atom is -0.481 e. The Morgan fingerprint density at radius 1 is 1.56 bits per heavy atom. The summed E-state index contributed by atoms with van der Waals surface area (Å²) in [5.74, 6) is 0.155. The Morgan fingerprint density at radius 2 is 2.25 bits per heavy atom. The Balaban J connectivity index is 2.24. The number of nitrogens with zero attached hydrogens (tertiary/aromatic N) is 1. The normalized spacial score (nSPS) is 15.0. The van der Waals surface area contributed by atoms with E-state index in [1.807, 2.05) is 0 Å². The second-order valence-electron chi connectivity index (χ2n) is 3.98. The molecule has 1 heterocycles. The van der Waals surface area contributed by atoms with E-state index in [1.165, 1.54) is 0 Å². The van der Waals surface area contributed by atoms with E-state index < -0.39 is 5.97 Å². The van der Waals surface area contributed by atoms with E-state index in [0.29, 0.717) is 11.7 Å². The molecule has 0 atom stereocenters. The molecule has 16 heavy (non-hydrogen) atoms. The zero-order valence-electron chi connectivity index (χ0n) is 8.69. The maximum atomic E-state index is 11.6. The molecule has 1 aromatic heterocycles. The fraction of sp³-hybridized carbons (Fsp3) is 0.500. The summed E-state index contributed by atoms with van der Waals surface area (Å²) in [7, 11) is 0. The summed E-state index contributed by atoms with van der Waals surface area (Å²) in [4.78, 5) is 28.8. The maximum Gasteiger partial charge on any atom is 0.303 e. The first kappa shape index (κ1) is 10.7. The number of aliphatic carboxylic acids is 1. The zero-order valence-corrected chi connectivity index (χ0v) is 8.69. The summed E-state index contributed by atoms with van der Waals surface area (Å²) in [5, 5.41) is 8.54. The van der Waals surface area contributed by atoms with Crippen LogP contribution in [0.1, 0.15) is 36.6 Å². The number of H-pyrrole nitrogens is 1. The lowest BCUT2D eigenvalue weighted by atomic mass is 10.1. The highest BCUT2D eigenvalue weighted by atomic mass is 16.4. The molecule has 6 nitrogen and oxygen atoms in total. The molecule has 0 aromatic carbocycles. The van der Waals surface area contributed by atoms with E-state index in [1.54, 1.807) is 0 Å². The van der Waals surface area contributed by atoms with Crippen molar-refractivity contribution in [3.05, 3.63) is 21.7 Å². The first-order valence-corrected chi connectivity index (χ1v) is 5.18. The smallest absolute Gasteiger partial charge is 0.303 e. The molecule has 1 aliphatic carbocycles. The number of hydrogen-bond acceptors (Lipinski definition) is 4. The fourth-order valence-electron chi connectivity index (χ4n) is 1.56. The molecule has 0 radical (unpaired) electrons. The van der Waals surface area contributed by atoms with Gasteiger partial charge in [-0.3, -0.25) is 9.59 Å². The van der Waals surface area contributed by atoms with Crippen molar-refractivity contribution in [2.24, 2.45) is 0 Å². The van der Waals surface area contributed by atoms with Gasteiger partial charge in [-0.2, -0.15) is 0 Å². The number of carboxylic acids is 1. The number of aromatic amines is 1. The average Bonchev–Trinajstić information content (AvgIpc) is 2.98. The number of carboxylic acid groups (broad SMARTS) is 1. The van der Waals surface area contributed by atoms with Crippen molar-refractivity contribution in [1.82, 2.24) is 9.97 Å². The van der Waals surface area contributed by atoms with Crippen LogP contribution in [-0.2, 0) is 11.2 Å². The first-order chi connectivity index (χ1) is 7.58. The van der Waals surface area contributed by atoms with E-state index >= 15 is 0 Å². The quantitative estimate of drug-likeness (QED) is 0.677. The molecule has 1 fully saturated rings. The summed E-state index contributed by atoms with van der Waals surface area (Å²) in [6.07, 6.45) is 2.06. The summed E-state index contributed by atoms with van der Waals surface area (Å²) >= 11 is 0. The molecule has 0 amide bonds. The van der Waals surface area contributed by atoms with Crippen molar-refractivity contribution in [2.45, 2.75) is 31.6 Å². The lowest BCUT2D eigenvalue weighted by Crippen LogP contribution is -2.20. The minimum atomic E-state index is -0.954. The molecule has 6 heteroatoms. The van der Waals surface area contributed by atoms with E-state index in [0.717, 1.165) is 12.8 Å². The van der Waals surface area contributed by atoms with Crippen LogP contribution in [0.15, 0.2) is 4.79 Å². The molecule has 0 saturated heterocycles. The highest BCUT2D eigenvalue weighted by Crippen LogP contribution is 2.37. The van der Waals surface area contributed by atoms with Crippen molar-refractivity contribution >= 4 is 11.8 Å².